The van der Waals surface area contributed by atoms with Gasteiger partial charge < -0.3 is 19.8 Å². The third kappa shape index (κ3) is 5.20. The molecule has 130 valence electrons. The Labute approximate surface area is 137 Å². The average molecular weight is 324 g/mol. The fraction of sp³-hybridized carbons (Fsp3) is 0.812. The Balaban J connectivity index is 1.70. The van der Waals surface area contributed by atoms with Gasteiger partial charge in [0.2, 0.25) is 5.89 Å². The fourth-order valence-corrected chi connectivity index (χ4v) is 2.85. The summed E-state index contributed by atoms with van der Waals surface area (Å²) in [6.45, 7) is 5.05. The van der Waals surface area contributed by atoms with Crippen molar-refractivity contribution in [2.45, 2.75) is 58.0 Å². The van der Waals surface area contributed by atoms with Crippen LogP contribution in [0.2, 0.25) is 0 Å². The van der Waals surface area contributed by atoms with Crippen LogP contribution < -0.4 is 5.32 Å². The summed E-state index contributed by atoms with van der Waals surface area (Å²) in [5, 5.41) is 16.7. The summed E-state index contributed by atoms with van der Waals surface area (Å²) in [7, 11) is 1.76. The number of hydrogen-bond donors (Lipinski definition) is 2. The van der Waals surface area contributed by atoms with E-state index in [9.17, 15) is 9.90 Å². The molecule has 1 aromatic rings. The van der Waals surface area contributed by atoms with E-state index >= 15 is 0 Å². The second-order valence-electron chi connectivity index (χ2n) is 6.68. The summed E-state index contributed by atoms with van der Waals surface area (Å²) < 4.78 is 5.14. The van der Waals surface area contributed by atoms with Gasteiger partial charge in [-0.25, -0.2) is 4.79 Å². The van der Waals surface area contributed by atoms with Crippen molar-refractivity contribution in [2.24, 2.45) is 5.92 Å². The number of amides is 2. The van der Waals surface area contributed by atoms with E-state index in [1.807, 2.05) is 13.8 Å². The van der Waals surface area contributed by atoms with Crippen molar-refractivity contribution in [2.75, 3.05) is 20.1 Å². The molecule has 2 N–H and O–H groups in total. The summed E-state index contributed by atoms with van der Waals surface area (Å²) in [4.78, 5) is 18.0. The van der Waals surface area contributed by atoms with Crippen molar-refractivity contribution in [1.29, 1.82) is 0 Å². The Morgan fingerprint density at radius 1 is 1.43 bits per heavy atom. The maximum atomic E-state index is 12.1. The fourth-order valence-electron chi connectivity index (χ4n) is 2.85. The minimum atomic E-state index is -0.285. The molecule has 7 nitrogen and oxygen atoms in total. The number of carbonyl (C=O) groups is 1. The van der Waals surface area contributed by atoms with E-state index < -0.39 is 0 Å². The lowest BCUT2D eigenvalue weighted by atomic mass is 9.86. The molecule has 7 heteroatoms. The highest BCUT2D eigenvalue weighted by Gasteiger charge is 2.25. The Hall–Kier alpha value is -1.63. The van der Waals surface area contributed by atoms with Crippen molar-refractivity contribution >= 4 is 6.03 Å². The normalized spacial score (nSPS) is 21.4. The zero-order chi connectivity index (χ0) is 16.8. The molecule has 0 radical (unpaired) electrons. The number of aliphatic hydroxyl groups is 1. The Bertz CT molecular complexity index is 503. The SMILES string of the molecule is CC(C)c1noc(CCNC(=O)N(C)C[C@@H]2CCCC[C@H]2O)n1. The van der Waals surface area contributed by atoms with Gasteiger partial charge in [0.25, 0.3) is 0 Å². The highest BCUT2D eigenvalue weighted by molar-refractivity contribution is 5.73. The molecule has 1 saturated carbocycles. The molecular weight excluding hydrogens is 296 g/mol. The van der Waals surface area contributed by atoms with Crippen molar-refractivity contribution in [3.05, 3.63) is 11.7 Å². The Morgan fingerprint density at radius 3 is 2.83 bits per heavy atom. The molecule has 23 heavy (non-hydrogen) atoms. The van der Waals surface area contributed by atoms with E-state index in [-0.39, 0.29) is 24.0 Å². The lowest BCUT2D eigenvalue weighted by Crippen LogP contribution is -2.43. The third-order valence-electron chi connectivity index (χ3n) is 4.34. The van der Waals surface area contributed by atoms with Crippen LogP contribution in [-0.2, 0) is 6.42 Å². The predicted molar refractivity (Wildman–Crippen MR) is 86.1 cm³/mol. The highest BCUT2D eigenvalue weighted by Crippen LogP contribution is 2.24. The lowest BCUT2D eigenvalue weighted by Gasteiger charge is -2.31. The summed E-state index contributed by atoms with van der Waals surface area (Å²) in [6.07, 6.45) is 4.27. The molecule has 0 aromatic carbocycles. The molecule has 1 heterocycles. The highest BCUT2D eigenvalue weighted by atomic mass is 16.5. The molecule has 0 spiro atoms. The summed E-state index contributed by atoms with van der Waals surface area (Å²) in [5.74, 6) is 1.65. The minimum Gasteiger partial charge on any atom is -0.393 e. The van der Waals surface area contributed by atoms with Gasteiger partial charge in [-0.2, -0.15) is 4.98 Å². The lowest BCUT2D eigenvalue weighted by molar-refractivity contribution is 0.0565. The number of hydrogen-bond acceptors (Lipinski definition) is 5. The van der Waals surface area contributed by atoms with E-state index in [1.54, 1.807) is 11.9 Å². The van der Waals surface area contributed by atoms with E-state index in [0.717, 1.165) is 25.7 Å². The second-order valence-corrected chi connectivity index (χ2v) is 6.68. The standard InChI is InChI=1S/C16H28N4O3/c1-11(2)15-18-14(23-19-15)8-9-17-16(22)20(3)10-12-6-4-5-7-13(12)21/h11-13,21H,4-10H2,1-3H3,(H,17,22)/t12-,13+/m0/s1. The first-order valence-corrected chi connectivity index (χ1v) is 8.47. The zero-order valence-electron chi connectivity index (χ0n) is 14.3. The number of nitrogens with one attached hydrogen (secondary N) is 1. The smallest absolute Gasteiger partial charge is 0.317 e. The molecule has 2 amide bonds. The number of nitrogens with zero attached hydrogens (tertiary/aromatic N) is 3. The van der Waals surface area contributed by atoms with Crippen LogP contribution in [0.5, 0.6) is 0 Å². The van der Waals surface area contributed by atoms with Crippen molar-refractivity contribution in [3.63, 3.8) is 0 Å². The first-order valence-electron chi connectivity index (χ1n) is 8.47. The number of urea groups is 1. The van der Waals surface area contributed by atoms with Gasteiger partial charge >= 0.3 is 6.03 Å². The summed E-state index contributed by atoms with van der Waals surface area (Å²) in [6, 6.07) is -0.133. The third-order valence-corrected chi connectivity index (χ3v) is 4.34. The van der Waals surface area contributed by atoms with E-state index in [0.29, 0.717) is 31.2 Å². The van der Waals surface area contributed by atoms with Crippen LogP contribution in [0.25, 0.3) is 0 Å². The van der Waals surface area contributed by atoms with Crippen LogP contribution in [0, 0.1) is 5.92 Å². The van der Waals surface area contributed by atoms with Gasteiger partial charge in [0, 0.05) is 38.4 Å². The van der Waals surface area contributed by atoms with Crippen LogP contribution in [-0.4, -0.2) is 52.4 Å². The molecular formula is C16H28N4O3. The second kappa shape index (κ2) is 8.29. The monoisotopic (exact) mass is 324 g/mol. The molecule has 0 unspecified atom stereocenters. The summed E-state index contributed by atoms with van der Waals surface area (Å²) in [5.41, 5.74) is 0. The molecule has 1 fully saturated rings. The Morgan fingerprint density at radius 2 is 2.17 bits per heavy atom. The van der Waals surface area contributed by atoms with Crippen LogP contribution >= 0.6 is 0 Å². The Kier molecular flexibility index (Phi) is 6.38. The number of aromatic nitrogens is 2. The van der Waals surface area contributed by atoms with E-state index in [4.69, 9.17) is 4.52 Å². The van der Waals surface area contributed by atoms with Crippen molar-refractivity contribution in [1.82, 2.24) is 20.4 Å². The van der Waals surface area contributed by atoms with Crippen LogP contribution in [0.4, 0.5) is 4.79 Å². The molecule has 0 aliphatic heterocycles. The van der Waals surface area contributed by atoms with Gasteiger partial charge in [0.15, 0.2) is 5.82 Å². The maximum absolute atomic E-state index is 12.1. The van der Waals surface area contributed by atoms with Gasteiger partial charge in [-0.15, -0.1) is 0 Å². The molecule has 1 aliphatic rings. The van der Waals surface area contributed by atoms with Gasteiger partial charge in [-0.1, -0.05) is 31.8 Å². The van der Waals surface area contributed by atoms with Crippen LogP contribution in [0.15, 0.2) is 4.52 Å². The molecule has 0 saturated heterocycles. The largest absolute Gasteiger partial charge is 0.393 e. The van der Waals surface area contributed by atoms with Gasteiger partial charge in [-0.05, 0) is 12.8 Å². The number of carbonyl (C=O) groups excluding carboxylic acids is 1. The minimum absolute atomic E-state index is 0.133. The number of aliphatic hydroxyl groups excluding tert-OH is 1. The molecule has 1 aromatic heterocycles. The zero-order valence-corrected chi connectivity index (χ0v) is 14.3. The molecule has 2 atom stereocenters. The van der Waals surface area contributed by atoms with Gasteiger partial charge in [0.1, 0.15) is 0 Å². The average Bonchev–Trinajstić information content (AvgIpc) is 2.98. The topological polar surface area (TPSA) is 91.5 Å². The molecule has 0 bridgehead atoms. The van der Waals surface area contributed by atoms with Crippen LogP contribution in [0.3, 0.4) is 0 Å². The van der Waals surface area contributed by atoms with Gasteiger partial charge in [0.05, 0.1) is 6.10 Å². The maximum Gasteiger partial charge on any atom is 0.317 e. The quantitative estimate of drug-likeness (QED) is 0.834. The van der Waals surface area contributed by atoms with E-state index in [1.165, 1.54) is 0 Å². The predicted octanol–water partition coefficient (Wildman–Crippen LogP) is 1.93. The van der Waals surface area contributed by atoms with Crippen molar-refractivity contribution < 1.29 is 14.4 Å². The molecule has 2 rings (SSSR count). The molecule has 1 aliphatic carbocycles. The first-order chi connectivity index (χ1) is 11.0. The number of rotatable bonds is 6. The first kappa shape index (κ1) is 17.7. The van der Waals surface area contributed by atoms with E-state index in [2.05, 4.69) is 15.5 Å². The van der Waals surface area contributed by atoms with Crippen LogP contribution in [0.1, 0.15) is 57.2 Å². The van der Waals surface area contributed by atoms with Crippen molar-refractivity contribution in [3.8, 4) is 0 Å². The van der Waals surface area contributed by atoms with Gasteiger partial charge in [-0.3, -0.25) is 0 Å². The summed E-state index contributed by atoms with van der Waals surface area (Å²) >= 11 is 0.